The van der Waals surface area contributed by atoms with E-state index < -0.39 is 11.9 Å². The van der Waals surface area contributed by atoms with Gasteiger partial charge in [0, 0.05) is 29.2 Å². The quantitative estimate of drug-likeness (QED) is 0.461. The van der Waals surface area contributed by atoms with Crippen molar-refractivity contribution in [2.75, 3.05) is 12.4 Å². The molecule has 1 amide bonds. The largest absolute Gasteiger partial charge is 0.320 e. The summed E-state index contributed by atoms with van der Waals surface area (Å²) >= 11 is 0. The Hall–Kier alpha value is -3.65. The van der Waals surface area contributed by atoms with E-state index in [2.05, 4.69) is 15.6 Å². The lowest BCUT2D eigenvalue weighted by atomic mass is 9.86. The molecular weight excluding hydrogens is 459 g/mol. The van der Waals surface area contributed by atoms with E-state index in [0.717, 1.165) is 31.4 Å². The number of likely N-dealkylation sites (N-methyl/N-ethyl adjacent to an activating group) is 1. The van der Waals surface area contributed by atoms with E-state index in [4.69, 9.17) is 0 Å². The topological polar surface area (TPSA) is 93.1 Å². The minimum Gasteiger partial charge on any atom is -0.320 e. The third kappa shape index (κ3) is 5.76. The highest BCUT2D eigenvalue weighted by molar-refractivity contribution is 6.08. The second kappa shape index (κ2) is 11.4. The van der Waals surface area contributed by atoms with Crippen molar-refractivity contribution in [1.82, 2.24) is 14.9 Å². The number of benzene rings is 1. The first-order valence-corrected chi connectivity index (χ1v) is 12.3. The Morgan fingerprint density at radius 2 is 1.78 bits per heavy atom. The van der Waals surface area contributed by atoms with Gasteiger partial charge in [-0.25, -0.2) is 4.39 Å². The van der Waals surface area contributed by atoms with Crippen molar-refractivity contribution >= 4 is 17.4 Å². The minimum absolute atomic E-state index is 0.216. The summed E-state index contributed by atoms with van der Waals surface area (Å²) in [6.45, 7) is 1.94. The number of pyridine rings is 2. The molecule has 7 nitrogen and oxygen atoms in total. The van der Waals surface area contributed by atoms with Crippen molar-refractivity contribution in [1.29, 1.82) is 0 Å². The molecule has 4 rings (SSSR count). The van der Waals surface area contributed by atoms with E-state index in [-0.39, 0.29) is 35.4 Å². The molecule has 188 valence electrons. The van der Waals surface area contributed by atoms with Crippen molar-refractivity contribution < 1.29 is 14.0 Å². The SMILES string of the molecule is CNC(C)C(=O)Nc1ccc(C2CCCCC2)n(Cc2cncc(C(=O)c3ccc(F)cc3)c2)c1=O. The molecule has 1 aromatic carbocycles. The summed E-state index contributed by atoms with van der Waals surface area (Å²) in [4.78, 5) is 43.2. The summed E-state index contributed by atoms with van der Waals surface area (Å²) in [5, 5.41) is 5.61. The third-order valence-electron chi connectivity index (χ3n) is 6.82. The molecule has 3 aromatic rings. The highest BCUT2D eigenvalue weighted by Crippen LogP contribution is 2.32. The molecular formula is C28H31FN4O3. The molecule has 0 saturated heterocycles. The van der Waals surface area contributed by atoms with E-state index in [9.17, 15) is 18.8 Å². The van der Waals surface area contributed by atoms with E-state index in [1.54, 1.807) is 36.9 Å². The average molecular weight is 491 g/mol. The summed E-state index contributed by atoms with van der Waals surface area (Å²) in [7, 11) is 1.68. The zero-order valence-corrected chi connectivity index (χ0v) is 20.6. The van der Waals surface area contributed by atoms with Gasteiger partial charge in [0.2, 0.25) is 5.91 Å². The van der Waals surface area contributed by atoms with Gasteiger partial charge in [0.05, 0.1) is 12.6 Å². The molecule has 1 unspecified atom stereocenters. The smallest absolute Gasteiger partial charge is 0.274 e. The Balaban J connectivity index is 1.68. The van der Waals surface area contributed by atoms with Crippen molar-refractivity contribution in [2.24, 2.45) is 0 Å². The molecule has 2 heterocycles. The number of anilines is 1. The number of hydrogen-bond acceptors (Lipinski definition) is 5. The zero-order chi connectivity index (χ0) is 25.7. The van der Waals surface area contributed by atoms with Gasteiger partial charge in [-0.15, -0.1) is 0 Å². The molecule has 1 aliphatic rings. The first-order valence-electron chi connectivity index (χ1n) is 12.3. The number of ketones is 1. The Morgan fingerprint density at radius 1 is 1.06 bits per heavy atom. The number of hydrogen-bond donors (Lipinski definition) is 2. The maximum absolute atomic E-state index is 13.6. The number of halogens is 1. The molecule has 1 saturated carbocycles. The van der Waals surface area contributed by atoms with Gasteiger partial charge in [0.1, 0.15) is 11.5 Å². The molecule has 2 N–H and O–H groups in total. The number of nitrogens with one attached hydrogen (secondary N) is 2. The lowest BCUT2D eigenvalue weighted by molar-refractivity contribution is -0.117. The van der Waals surface area contributed by atoms with Crippen LogP contribution in [-0.4, -0.2) is 34.3 Å². The fraction of sp³-hybridized carbons (Fsp3) is 0.357. The molecule has 1 aliphatic carbocycles. The predicted molar refractivity (Wildman–Crippen MR) is 137 cm³/mol. The monoisotopic (exact) mass is 490 g/mol. The van der Waals surface area contributed by atoms with Crippen LogP contribution in [0.25, 0.3) is 0 Å². The third-order valence-corrected chi connectivity index (χ3v) is 6.82. The summed E-state index contributed by atoms with van der Waals surface area (Å²) in [5.41, 5.74) is 2.26. The van der Waals surface area contributed by atoms with Gasteiger partial charge in [-0.1, -0.05) is 19.3 Å². The van der Waals surface area contributed by atoms with Gasteiger partial charge in [0.25, 0.3) is 5.56 Å². The standard InChI is InChI=1S/C28H31FN4O3/c1-18(30-2)27(35)32-24-12-13-25(20-6-4-3-5-7-20)33(28(24)36)17-19-14-22(16-31-15-19)26(34)21-8-10-23(29)11-9-21/h8-16,18,20,30H,3-7,17H2,1-2H3,(H,32,35). The van der Waals surface area contributed by atoms with Gasteiger partial charge in [0.15, 0.2) is 5.78 Å². The lowest BCUT2D eigenvalue weighted by Gasteiger charge is -2.26. The van der Waals surface area contributed by atoms with Crippen LogP contribution in [0.15, 0.2) is 59.7 Å². The van der Waals surface area contributed by atoms with E-state index in [1.165, 1.54) is 36.9 Å². The highest BCUT2D eigenvalue weighted by Gasteiger charge is 2.22. The molecule has 1 fully saturated rings. The number of nitrogens with zero attached hydrogens (tertiary/aromatic N) is 2. The molecule has 1 atom stereocenters. The van der Waals surface area contributed by atoms with Crippen LogP contribution in [0, 0.1) is 5.82 Å². The van der Waals surface area contributed by atoms with Crippen LogP contribution in [-0.2, 0) is 11.3 Å². The van der Waals surface area contributed by atoms with Crippen molar-refractivity contribution in [3.63, 3.8) is 0 Å². The number of amides is 1. The van der Waals surface area contributed by atoms with Gasteiger partial charge in [-0.3, -0.25) is 19.4 Å². The number of aromatic nitrogens is 2. The predicted octanol–water partition coefficient (Wildman–Crippen LogP) is 4.26. The van der Waals surface area contributed by atoms with Gasteiger partial charge >= 0.3 is 0 Å². The maximum atomic E-state index is 13.6. The first kappa shape index (κ1) is 25.4. The Labute approximate surface area is 209 Å². The van der Waals surface area contributed by atoms with Crippen LogP contribution in [0.3, 0.4) is 0 Å². The van der Waals surface area contributed by atoms with Crippen molar-refractivity contribution in [2.45, 2.75) is 57.5 Å². The van der Waals surface area contributed by atoms with Crippen LogP contribution < -0.4 is 16.2 Å². The molecule has 2 aromatic heterocycles. The minimum atomic E-state index is -0.450. The Morgan fingerprint density at radius 3 is 2.47 bits per heavy atom. The lowest BCUT2D eigenvalue weighted by Crippen LogP contribution is -2.38. The van der Waals surface area contributed by atoms with Gasteiger partial charge in [-0.2, -0.15) is 0 Å². The van der Waals surface area contributed by atoms with E-state index in [0.29, 0.717) is 16.7 Å². The summed E-state index contributed by atoms with van der Waals surface area (Å²) in [6, 6.07) is 10.2. The molecule has 0 aliphatic heterocycles. The second-order valence-corrected chi connectivity index (χ2v) is 9.32. The molecule has 36 heavy (non-hydrogen) atoms. The molecule has 0 spiro atoms. The molecule has 0 bridgehead atoms. The molecule has 8 heteroatoms. The first-order chi connectivity index (χ1) is 17.4. The number of carbonyl (C=O) groups is 2. The normalized spacial score (nSPS) is 14.9. The number of carbonyl (C=O) groups excluding carboxylic acids is 2. The molecule has 0 radical (unpaired) electrons. The van der Waals surface area contributed by atoms with Crippen LogP contribution in [0.1, 0.15) is 72.1 Å². The summed E-state index contributed by atoms with van der Waals surface area (Å²) in [5.74, 6) is -0.722. The average Bonchev–Trinajstić information content (AvgIpc) is 2.91. The van der Waals surface area contributed by atoms with Crippen LogP contribution >= 0.6 is 0 Å². The maximum Gasteiger partial charge on any atom is 0.274 e. The van der Waals surface area contributed by atoms with Crippen molar-refractivity contribution in [3.8, 4) is 0 Å². The van der Waals surface area contributed by atoms with E-state index >= 15 is 0 Å². The zero-order valence-electron chi connectivity index (χ0n) is 20.6. The summed E-state index contributed by atoms with van der Waals surface area (Å²) < 4.78 is 15.0. The summed E-state index contributed by atoms with van der Waals surface area (Å²) in [6.07, 6.45) is 8.52. The van der Waals surface area contributed by atoms with Crippen LogP contribution in [0.4, 0.5) is 10.1 Å². The number of rotatable bonds is 8. The van der Waals surface area contributed by atoms with E-state index in [1.807, 2.05) is 6.07 Å². The fourth-order valence-corrected chi connectivity index (χ4v) is 4.63. The van der Waals surface area contributed by atoms with Crippen LogP contribution in [0.2, 0.25) is 0 Å². The van der Waals surface area contributed by atoms with Gasteiger partial charge in [-0.05, 0) is 80.8 Å². The Kier molecular flexibility index (Phi) is 8.05. The van der Waals surface area contributed by atoms with Crippen LogP contribution in [0.5, 0.6) is 0 Å². The fourth-order valence-electron chi connectivity index (χ4n) is 4.63. The Bertz CT molecular complexity index is 1300. The highest BCUT2D eigenvalue weighted by atomic mass is 19.1. The van der Waals surface area contributed by atoms with Gasteiger partial charge < -0.3 is 15.2 Å². The van der Waals surface area contributed by atoms with Crippen molar-refractivity contribution in [3.05, 3.63) is 93.4 Å². The second-order valence-electron chi connectivity index (χ2n) is 9.32.